The summed E-state index contributed by atoms with van der Waals surface area (Å²) in [6.45, 7) is 0.778. The highest BCUT2D eigenvalue weighted by atomic mass is 79.9. The van der Waals surface area contributed by atoms with Crippen LogP contribution in [-0.4, -0.2) is 28.6 Å². The van der Waals surface area contributed by atoms with Gasteiger partial charge in [0.1, 0.15) is 16.5 Å². The number of hydrogen-bond acceptors (Lipinski definition) is 3. The number of halogens is 4. The highest BCUT2D eigenvalue weighted by molar-refractivity contribution is 9.10. The Bertz CT molecular complexity index is 529. The topological polar surface area (TPSA) is 58.2 Å². The molecule has 1 aromatic rings. The van der Waals surface area contributed by atoms with Crippen LogP contribution in [0, 0.1) is 11.6 Å². The van der Waals surface area contributed by atoms with E-state index in [0.29, 0.717) is 19.0 Å². The quantitative estimate of drug-likeness (QED) is 0.587. The van der Waals surface area contributed by atoms with Crippen molar-refractivity contribution in [2.45, 2.75) is 11.3 Å². The monoisotopic (exact) mass is 378 g/mol. The molecule has 0 saturated carbocycles. The van der Waals surface area contributed by atoms with Gasteiger partial charge in [-0.25, -0.2) is 21.9 Å². The molecular formula is C10H14BrClF2N2O2S. The maximum absolute atomic E-state index is 13.5. The second-order valence-electron chi connectivity index (χ2n) is 3.55. The summed E-state index contributed by atoms with van der Waals surface area (Å²) in [5, 5.41) is 2.85. The van der Waals surface area contributed by atoms with E-state index in [1.807, 2.05) is 0 Å². The Kier molecular flexibility index (Phi) is 7.99. The minimum Gasteiger partial charge on any atom is -0.320 e. The Morgan fingerprint density at radius 1 is 1.21 bits per heavy atom. The molecule has 0 bridgehead atoms. The lowest BCUT2D eigenvalue weighted by molar-refractivity contribution is 0.542. The second-order valence-corrected chi connectivity index (χ2v) is 6.14. The third-order valence-electron chi connectivity index (χ3n) is 2.16. The number of rotatable bonds is 6. The zero-order chi connectivity index (χ0) is 13.8. The molecule has 0 aliphatic carbocycles. The van der Waals surface area contributed by atoms with Crippen LogP contribution in [0.25, 0.3) is 0 Å². The summed E-state index contributed by atoms with van der Waals surface area (Å²) < 4.78 is 52.2. The molecule has 0 radical (unpaired) electrons. The lowest BCUT2D eigenvalue weighted by atomic mass is 10.3. The summed E-state index contributed by atoms with van der Waals surface area (Å²) in [7, 11) is -2.29. The van der Waals surface area contributed by atoms with Crippen molar-refractivity contribution in [3.05, 3.63) is 28.2 Å². The molecule has 0 atom stereocenters. The first kappa shape index (κ1) is 18.7. The van der Waals surface area contributed by atoms with E-state index in [1.54, 1.807) is 7.05 Å². The number of hydrogen-bond donors (Lipinski definition) is 2. The number of benzene rings is 1. The lowest BCUT2D eigenvalue weighted by Crippen LogP contribution is -2.27. The molecule has 0 unspecified atom stereocenters. The molecule has 0 aromatic heterocycles. The maximum atomic E-state index is 13.5. The third kappa shape index (κ3) is 5.31. The highest BCUT2D eigenvalue weighted by Gasteiger charge is 2.20. The summed E-state index contributed by atoms with van der Waals surface area (Å²) in [5.74, 6) is -1.82. The Morgan fingerprint density at radius 2 is 1.84 bits per heavy atom. The first-order valence-corrected chi connectivity index (χ1v) is 7.45. The van der Waals surface area contributed by atoms with Crippen molar-refractivity contribution >= 4 is 38.4 Å². The van der Waals surface area contributed by atoms with Crippen LogP contribution in [0.4, 0.5) is 8.78 Å². The fourth-order valence-corrected chi connectivity index (χ4v) is 2.72. The number of sulfonamides is 1. The summed E-state index contributed by atoms with van der Waals surface area (Å²) >= 11 is 2.78. The maximum Gasteiger partial charge on any atom is 0.243 e. The summed E-state index contributed by atoms with van der Waals surface area (Å²) in [6, 6.07) is 1.44. The van der Waals surface area contributed by atoms with Crippen molar-refractivity contribution in [1.29, 1.82) is 0 Å². The molecule has 19 heavy (non-hydrogen) atoms. The van der Waals surface area contributed by atoms with E-state index in [4.69, 9.17) is 0 Å². The Labute approximate surface area is 125 Å². The average Bonchev–Trinajstić information content (AvgIpc) is 2.29. The molecule has 0 heterocycles. The van der Waals surface area contributed by atoms with Gasteiger partial charge in [-0.3, -0.25) is 0 Å². The molecule has 0 fully saturated rings. The van der Waals surface area contributed by atoms with Crippen LogP contribution < -0.4 is 10.0 Å². The van der Waals surface area contributed by atoms with E-state index in [2.05, 4.69) is 26.0 Å². The van der Waals surface area contributed by atoms with Crippen LogP contribution >= 0.6 is 28.3 Å². The van der Waals surface area contributed by atoms with Crippen LogP contribution in [0.5, 0.6) is 0 Å². The van der Waals surface area contributed by atoms with Gasteiger partial charge in [-0.15, -0.1) is 12.4 Å². The van der Waals surface area contributed by atoms with Crippen molar-refractivity contribution in [2.75, 3.05) is 20.1 Å². The van der Waals surface area contributed by atoms with Crippen LogP contribution in [0.2, 0.25) is 0 Å². The van der Waals surface area contributed by atoms with Gasteiger partial charge in [-0.1, -0.05) is 0 Å². The molecule has 0 aliphatic rings. The Hall–Kier alpha value is -0.280. The fraction of sp³-hybridized carbons (Fsp3) is 0.400. The summed E-state index contributed by atoms with van der Waals surface area (Å²) in [5.41, 5.74) is 0. The molecule has 0 amide bonds. The lowest BCUT2D eigenvalue weighted by Gasteiger charge is -2.08. The standard InChI is InChI=1S/C10H13BrF2N2O2S.ClH/c1-14-3-2-4-15-18(16,17)10-6-8(12)7(11)5-9(10)13;/h5-6,14-15H,2-4H2,1H3;1H. The Morgan fingerprint density at radius 3 is 2.42 bits per heavy atom. The fourth-order valence-electron chi connectivity index (χ4n) is 1.26. The Balaban J connectivity index is 0.00000324. The first-order chi connectivity index (χ1) is 8.38. The van der Waals surface area contributed by atoms with E-state index in [-0.39, 0.29) is 23.4 Å². The van der Waals surface area contributed by atoms with E-state index in [1.165, 1.54) is 0 Å². The molecule has 4 nitrogen and oxygen atoms in total. The van der Waals surface area contributed by atoms with Crippen molar-refractivity contribution in [3.63, 3.8) is 0 Å². The van der Waals surface area contributed by atoms with Crippen molar-refractivity contribution in [3.8, 4) is 0 Å². The smallest absolute Gasteiger partial charge is 0.243 e. The molecule has 0 saturated heterocycles. The van der Waals surface area contributed by atoms with E-state index < -0.39 is 26.6 Å². The molecule has 0 spiro atoms. The van der Waals surface area contributed by atoms with Gasteiger partial charge < -0.3 is 5.32 Å². The van der Waals surface area contributed by atoms with E-state index in [9.17, 15) is 17.2 Å². The zero-order valence-electron chi connectivity index (χ0n) is 10.0. The normalized spacial score (nSPS) is 11.2. The summed E-state index contributed by atoms with van der Waals surface area (Å²) in [4.78, 5) is -0.687. The van der Waals surface area contributed by atoms with E-state index in [0.717, 1.165) is 6.07 Å². The number of nitrogens with one attached hydrogen (secondary N) is 2. The van der Waals surface area contributed by atoms with Crippen LogP contribution in [-0.2, 0) is 10.0 Å². The predicted octanol–water partition coefficient (Wildman–Crippen LogP) is 2.04. The average molecular weight is 380 g/mol. The second kappa shape index (κ2) is 8.11. The predicted molar refractivity (Wildman–Crippen MR) is 75.0 cm³/mol. The molecule has 1 rings (SSSR count). The van der Waals surface area contributed by atoms with Gasteiger partial charge in [0.05, 0.1) is 4.47 Å². The van der Waals surface area contributed by atoms with Gasteiger partial charge in [0.15, 0.2) is 0 Å². The molecule has 110 valence electrons. The molecule has 0 aliphatic heterocycles. The van der Waals surface area contributed by atoms with Gasteiger partial charge in [-0.2, -0.15) is 0 Å². The van der Waals surface area contributed by atoms with Crippen molar-refractivity contribution in [2.24, 2.45) is 0 Å². The van der Waals surface area contributed by atoms with Crippen molar-refractivity contribution in [1.82, 2.24) is 10.0 Å². The molecule has 2 N–H and O–H groups in total. The highest BCUT2D eigenvalue weighted by Crippen LogP contribution is 2.22. The van der Waals surface area contributed by atoms with Gasteiger partial charge >= 0.3 is 0 Å². The zero-order valence-corrected chi connectivity index (χ0v) is 13.3. The van der Waals surface area contributed by atoms with Crippen LogP contribution in [0.3, 0.4) is 0 Å². The van der Waals surface area contributed by atoms with Gasteiger partial charge in [0, 0.05) is 6.54 Å². The van der Waals surface area contributed by atoms with Gasteiger partial charge in [0.2, 0.25) is 10.0 Å². The molecule has 1 aromatic carbocycles. The van der Waals surface area contributed by atoms with E-state index >= 15 is 0 Å². The largest absolute Gasteiger partial charge is 0.320 e. The summed E-state index contributed by atoms with van der Waals surface area (Å²) in [6.07, 6.45) is 0.552. The SMILES string of the molecule is CNCCCNS(=O)(=O)c1cc(F)c(Br)cc1F.Cl. The van der Waals surface area contributed by atoms with Crippen molar-refractivity contribution < 1.29 is 17.2 Å². The molecule has 9 heteroatoms. The third-order valence-corrected chi connectivity index (χ3v) is 4.24. The van der Waals surface area contributed by atoms with Crippen LogP contribution in [0.1, 0.15) is 6.42 Å². The molecular weight excluding hydrogens is 366 g/mol. The minimum atomic E-state index is -4.02. The minimum absolute atomic E-state index is 0. The van der Waals surface area contributed by atoms with Gasteiger partial charge in [0.25, 0.3) is 0 Å². The van der Waals surface area contributed by atoms with Crippen LogP contribution in [0.15, 0.2) is 21.5 Å². The first-order valence-electron chi connectivity index (χ1n) is 5.17. The van der Waals surface area contributed by atoms with Gasteiger partial charge in [-0.05, 0) is 48.1 Å².